The lowest BCUT2D eigenvalue weighted by atomic mass is 10.3. The molecule has 2 rings (SSSR count). The van der Waals surface area contributed by atoms with Crippen LogP contribution < -0.4 is 5.73 Å². The molecule has 0 saturated carbocycles. The number of hydrogen-bond acceptors (Lipinski definition) is 3. The minimum atomic E-state index is 0.686. The van der Waals surface area contributed by atoms with Crippen LogP contribution in [0.1, 0.15) is 13.3 Å². The monoisotopic (exact) mass is 267 g/mol. The van der Waals surface area contributed by atoms with E-state index in [0.717, 1.165) is 22.8 Å². The number of nitrogens with zero attached hydrogens (tertiary/aromatic N) is 2. The fourth-order valence-electron chi connectivity index (χ4n) is 1.45. The first-order chi connectivity index (χ1) is 8.22. The van der Waals surface area contributed by atoms with E-state index in [0.29, 0.717) is 10.8 Å². The molecular weight excluding hydrogens is 254 g/mol. The number of nitrogen functional groups attached to an aromatic ring is 1. The third-order valence-corrected chi connectivity index (χ3v) is 3.79. The summed E-state index contributed by atoms with van der Waals surface area (Å²) in [7, 11) is 0. The van der Waals surface area contributed by atoms with Crippen molar-refractivity contribution >= 4 is 29.2 Å². The predicted molar refractivity (Wildman–Crippen MR) is 74.0 cm³/mol. The molecule has 0 atom stereocenters. The van der Waals surface area contributed by atoms with Crippen LogP contribution in [0.15, 0.2) is 35.4 Å². The number of aromatic nitrogens is 2. The Morgan fingerprint density at radius 2 is 2.06 bits per heavy atom. The number of hydrogen-bond donors (Lipinski definition) is 1. The predicted octanol–water partition coefficient (Wildman–Crippen LogP) is 3.61. The number of nitrogens with two attached hydrogens (primary N) is 1. The minimum absolute atomic E-state index is 0.686. The van der Waals surface area contributed by atoms with Crippen molar-refractivity contribution < 1.29 is 0 Å². The zero-order valence-electron chi connectivity index (χ0n) is 9.56. The van der Waals surface area contributed by atoms with Gasteiger partial charge in [-0.25, -0.2) is 4.68 Å². The van der Waals surface area contributed by atoms with Crippen molar-refractivity contribution in [1.82, 2.24) is 9.78 Å². The van der Waals surface area contributed by atoms with Crippen molar-refractivity contribution in [2.24, 2.45) is 0 Å². The van der Waals surface area contributed by atoms with E-state index in [9.17, 15) is 0 Å². The summed E-state index contributed by atoms with van der Waals surface area (Å²) in [6, 6.07) is 7.47. The van der Waals surface area contributed by atoms with E-state index in [1.807, 2.05) is 30.5 Å². The lowest BCUT2D eigenvalue weighted by Crippen LogP contribution is -2.01. The van der Waals surface area contributed by atoms with Gasteiger partial charge in [0, 0.05) is 5.02 Å². The van der Waals surface area contributed by atoms with Crippen molar-refractivity contribution in [3.8, 4) is 5.69 Å². The summed E-state index contributed by atoms with van der Waals surface area (Å²) in [6.07, 6.45) is 2.93. The molecule has 5 heteroatoms. The maximum Gasteiger partial charge on any atom is 0.140 e. The lowest BCUT2D eigenvalue weighted by molar-refractivity contribution is 0.891. The van der Waals surface area contributed by atoms with Crippen LogP contribution in [0.3, 0.4) is 0 Å². The second-order valence-electron chi connectivity index (χ2n) is 3.63. The molecular formula is C12H14ClN3S. The largest absolute Gasteiger partial charge is 0.383 e. The highest BCUT2D eigenvalue weighted by molar-refractivity contribution is 7.99. The van der Waals surface area contributed by atoms with Crippen LogP contribution in [0.4, 0.5) is 5.82 Å². The van der Waals surface area contributed by atoms with Gasteiger partial charge >= 0.3 is 0 Å². The van der Waals surface area contributed by atoms with Crippen molar-refractivity contribution in [2.75, 3.05) is 11.5 Å². The van der Waals surface area contributed by atoms with Gasteiger partial charge in [0.2, 0.25) is 0 Å². The molecule has 3 nitrogen and oxygen atoms in total. The molecule has 1 aromatic heterocycles. The Hall–Kier alpha value is -1.13. The molecule has 2 N–H and O–H groups in total. The van der Waals surface area contributed by atoms with Crippen LogP contribution in [-0.4, -0.2) is 15.5 Å². The number of halogens is 1. The minimum Gasteiger partial charge on any atom is -0.383 e. The molecule has 1 aromatic carbocycles. The Morgan fingerprint density at radius 1 is 1.35 bits per heavy atom. The van der Waals surface area contributed by atoms with Crippen LogP contribution in [0.25, 0.3) is 5.69 Å². The summed E-state index contributed by atoms with van der Waals surface area (Å²) in [6.45, 7) is 2.15. The van der Waals surface area contributed by atoms with Gasteiger partial charge in [-0.3, -0.25) is 0 Å². The van der Waals surface area contributed by atoms with E-state index in [2.05, 4.69) is 12.0 Å². The molecule has 0 bridgehead atoms. The van der Waals surface area contributed by atoms with Gasteiger partial charge in [0.25, 0.3) is 0 Å². The van der Waals surface area contributed by atoms with Crippen LogP contribution in [0.2, 0.25) is 5.02 Å². The van der Waals surface area contributed by atoms with Crippen molar-refractivity contribution in [2.45, 2.75) is 18.2 Å². The van der Waals surface area contributed by atoms with Crippen molar-refractivity contribution in [3.63, 3.8) is 0 Å². The average molecular weight is 268 g/mol. The van der Waals surface area contributed by atoms with Gasteiger partial charge in [-0.1, -0.05) is 18.5 Å². The van der Waals surface area contributed by atoms with Gasteiger partial charge in [0.05, 0.1) is 16.8 Å². The molecule has 0 aliphatic rings. The van der Waals surface area contributed by atoms with E-state index in [-0.39, 0.29) is 0 Å². The van der Waals surface area contributed by atoms with E-state index >= 15 is 0 Å². The first-order valence-corrected chi connectivity index (χ1v) is 6.81. The normalized spacial score (nSPS) is 10.7. The number of anilines is 1. The fraction of sp³-hybridized carbons (Fsp3) is 0.250. The molecule has 0 aliphatic heterocycles. The zero-order valence-corrected chi connectivity index (χ0v) is 11.1. The molecule has 0 radical (unpaired) electrons. The number of thioether (sulfide) groups is 1. The Morgan fingerprint density at radius 3 is 2.71 bits per heavy atom. The summed E-state index contributed by atoms with van der Waals surface area (Å²) in [5, 5.41) is 5.00. The summed E-state index contributed by atoms with van der Waals surface area (Å²) in [4.78, 5) is 1.03. The summed E-state index contributed by atoms with van der Waals surface area (Å²) < 4.78 is 1.73. The molecule has 0 unspecified atom stereocenters. The molecule has 2 aromatic rings. The molecule has 0 amide bonds. The molecule has 90 valence electrons. The Bertz CT molecular complexity index is 493. The second kappa shape index (κ2) is 5.47. The average Bonchev–Trinajstić information content (AvgIpc) is 2.69. The SMILES string of the molecule is CCCSc1cnn(-c2ccc(Cl)cc2)c1N. The van der Waals surface area contributed by atoms with Gasteiger partial charge in [0.15, 0.2) is 0 Å². The number of benzene rings is 1. The third kappa shape index (κ3) is 2.76. The van der Waals surface area contributed by atoms with E-state index in [1.54, 1.807) is 16.4 Å². The Balaban J connectivity index is 2.27. The van der Waals surface area contributed by atoms with Crippen LogP contribution >= 0.6 is 23.4 Å². The van der Waals surface area contributed by atoms with Crippen molar-refractivity contribution in [1.29, 1.82) is 0 Å². The summed E-state index contributed by atoms with van der Waals surface area (Å²) in [5.41, 5.74) is 6.99. The first-order valence-electron chi connectivity index (χ1n) is 5.44. The lowest BCUT2D eigenvalue weighted by Gasteiger charge is -2.04. The molecule has 0 saturated heterocycles. The number of rotatable bonds is 4. The molecule has 1 heterocycles. The maximum atomic E-state index is 6.06. The van der Waals surface area contributed by atoms with Gasteiger partial charge in [-0.05, 0) is 36.4 Å². The van der Waals surface area contributed by atoms with Crippen LogP contribution in [0.5, 0.6) is 0 Å². The van der Waals surface area contributed by atoms with E-state index < -0.39 is 0 Å². The molecule has 0 fully saturated rings. The second-order valence-corrected chi connectivity index (χ2v) is 5.20. The molecule has 0 spiro atoms. The molecule has 17 heavy (non-hydrogen) atoms. The van der Waals surface area contributed by atoms with Crippen molar-refractivity contribution in [3.05, 3.63) is 35.5 Å². The van der Waals surface area contributed by atoms with Gasteiger partial charge in [-0.15, -0.1) is 11.8 Å². The maximum absolute atomic E-state index is 6.06. The fourth-order valence-corrected chi connectivity index (χ4v) is 2.36. The standard InChI is InChI=1S/C12H14ClN3S/c1-2-7-17-11-8-15-16(12(11)14)10-5-3-9(13)4-6-10/h3-6,8H,2,7,14H2,1H3. The third-order valence-electron chi connectivity index (χ3n) is 2.30. The van der Waals surface area contributed by atoms with Crippen LogP contribution in [0, 0.1) is 0 Å². The smallest absolute Gasteiger partial charge is 0.140 e. The zero-order chi connectivity index (χ0) is 12.3. The van der Waals surface area contributed by atoms with E-state index in [1.165, 1.54) is 0 Å². The quantitative estimate of drug-likeness (QED) is 0.861. The highest BCUT2D eigenvalue weighted by Gasteiger charge is 2.08. The summed E-state index contributed by atoms with van der Waals surface area (Å²) in [5.74, 6) is 1.74. The highest BCUT2D eigenvalue weighted by Crippen LogP contribution is 2.27. The van der Waals surface area contributed by atoms with E-state index in [4.69, 9.17) is 17.3 Å². The Labute approximate surface area is 110 Å². The Kier molecular flexibility index (Phi) is 3.97. The highest BCUT2D eigenvalue weighted by atomic mass is 35.5. The first kappa shape index (κ1) is 12.3. The molecule has 0 aliphatic carbocycles. The topological polar surface area (TPSA) is 43.8 Å². The van der Waals surface area contributed by atoms with Gasteiger partial charge in [0.1, 0.15) is 5.82 Å². The van der Waals surface area contributed by atoms with Gasteiger partial charge < -0.3 is 5.73 Å². The van der Waals surface area contributed by atoms with Crippen LogP contribution in [-0.2, 0) is 0 Å². The summed E-state index contributed by atoms with van der Waals surface area (Å²) >= 11 is 7.58. The van der Waals surface area contributed by atoms with Gasteiger partial charge in [-0.2, -0.15) is 5.10 Å².